The molecular weight excluding hydrogens is 692 g/mol. The van der Waals surface area contributed by atoms with Gasteiger partial charge in [0, 0.05) is 24.0 Å². The summed E-state index contributed by atoms with van der Waals surface area (Å²) in [7, 11) is -2.31. The average Bonchev–Trinajstić information content (AvgIpc) is 3.59. The van der Waals surface area contributed by atoms with Crippen molar-refractivity contribution in [3.63, 3.8) is 0 Å². The van der Waals surface area contributed by atoms with Gasteiger partial charge in [-0.1, -0.05) is 46.8 Å². The van der Waals surface area contributed by atoms with Crippen molar-refractivity contribution in [3.8, 4) is 0 Å². The van der Waals surface area contributed by atoms with Crippen molar-refractivity contribution >= 4 is 26.0 Å². The Bertz CT molecular complexity index is 1450. The second-order valence-electron chi connectivity index (χ2n) is 17.7. The molecule has 0 aromatic rings. The number of esters is 1. The van der Waals surface area contributed by atoms with Crippen LogP contribution < -0.4 is 5.32 Å². The van der Waals surface area contributed by atoms with Crippen molar-refractivity contribution in [2.45, 2.75) is 168 Å². The predicted octanol–water partition coefficient (Wildman–Crippen LogP) is 8.30. The summed E-state index contributed by atoms with van der Waals surface area (Å²) in [5.74, 6) is -3.39. The molecule has 12 heteroatoms. The van der Waals surface area contributed by atoms with Crippen molar-refractivity contribution in [2.75, 3.05) is 6.54 Å². The molecule has 2 N–H and O–H groups in total. The number of halogens is 3. The zero-order valence-corrected chi connectivity index (χ0v) is 33.9. The number of Topliss-reactive ketones (excluding diaryl/α,β-unsaturated/α-hetero) is 1. The van der Waals surface area contributed by atoms with Crippen LogP contribution in [0.3, 0.4) is 0 Å². The number of hydrogen-bond donors (Lipinski definition) is 2. The molecule has 2 fully saturated rings. The molecule has 4 rings (SSSR count). The van der Waals surface area contributed by atoms with Crippen LogP contribution in [0.5, 0.6) is 0 Å². The fourth-order valence-corrected chi connectivity index (χ4v) is 10.0. The van der Waals surface area contributed by atoms with E-state index >= 15 is 0 Å². The third-order valence-corrected chi connectivity index (χ3v) is 17.5. The largest absolute Gasteiger partial charge is 0.471 e. The van der Waals surface area contributed by atoms with Gasteiger partial charge >= 0.3 is 18.1 Å². The number of carbonyl (C=O) groups is 3. The molecule has 2 bridgehead atoms. The highest BCUT2D eigenvalue weighted by Gasteiger charge is 2.59. The minimum atomic E-state index is -5.01. The lowest BCUT2D eigenvalue weighted by molar-refractivity contribution is -0.180. The van der Waals surface area contributed by atoms with Gasteiger partial charge in [0.25, 0.3) is 0 Å². The monoisotopic (exact) mass is 753 g/mol. The predicted molar refractivity (Wildman–Crippen MR) is 197 cm³/mol. The Morgan fingerprint density at radius 2 is 1.73 bits per heavy atom. The van der Waals surface area contributed by atoms with E-state index in [4.69, 9.17) is 13.9 Å². The summed E-state index contributed by atoms with van der Waals surface area (Å²) >= 11 is 0. The van der Waals surface area contributed by atoms with Crippen molar-refractivity contribution in [1.29, 1.82) is 0 Å². The van der Waals surface area contributed by atoms with Crippen LogP contribution >= 0.6 is 0 Å². The minimum Gasteiger partial charge on any atom is -0.452 e. The Morgan fingerprint density at radius 3 is 2.33 bits per heavy atom. The number of carbonyl (C=O) groups excluding carboxylic acids is 3. The minimum absolute atomic E-state index is 0.0354. The lowest BCUT2D eigenvalue weighted by Crippen LogP contribution is -2.59. The molecule has 8 nitrogen and oxygen atoms in total. The molecular formula is C40H62F3NO7Si. The normalized spacial score (nSPS) is 37.4. The molecule has 3 heterocycles. The highest BCUT2D eigenvalue weighted by molar-refractivity contribution is 6.74. The summed E-state index contributed by atoms with van der Waals surface area (Å²) in [6.45, 7) is 20.5. The number of aliphatic hydroxyl groups is 1. The number of rotatable bonds is 7. The molecule has 52 heavy (non-hydrogen) atoms. The number of alkyl halides is 3. The van der Waals surface area contributed by atoms with E-state index in [1.807, 2.05) is 26.1 Å². The maximum Gasteiger partial charge on any atom is 0.471 e. The number of fused-ring (bicyclic) bond motifs is 3. The Balaban J connectivity index is 1.84. The Hall–Kier alpha value is -2.28. The highest BCUT2D eigenvalue weighted by Crippen LogP contribution is 2.56. The van der Waals surface area contributed by atoms with E-state index in [1.165, 1.54) is 0 Å². The van der Waals surface area contributed by atoms with Crippen LogP contribution in [0, 0.1) is 23.2 Å². The lowest BCUT2D eigenvalue weighted by atomic mass is 9.52. The Morgan fingerprint density at radius 1 is 1.06 bits per heavy atom. The fraction of sp³-hybridized carbons (Fsp3) is 0.775. The maximum atomic E-state index is 14.8. The molecule has 9 atom stereocenters. The molecule has 0 aromatic carbocycles. The third kappa shape index (κ3) is 8.98. The van der Waals surface area contributed by atoms with Gasteiger partial charge in [-0.2, -0.15) is 13.2 Å². The van der Waals surface area contributed by atoms with Crippen molar-refractivity contribution in [2.24, 2.45) is 23.2 Å². The van der Waals surface area contributed by atoms with E-state index in [2.05, 4.69) is 52.9 Å². The van der Waals surface area contributed by atoms with Gasteiger partial charge in [0.15, 0.2) is 8.32 Å². The molecule has 1 amide bonds. The molecule has 1 saturated heterocycles. The van der Waals surface area contributed by atoms with E-state index in [1.54, 1.807) is 13.0 Å². The number of amides is 1. The fourth-order valence-electron chi connectivity index (χ4n) is 8.67. The van der Waals surface area contributed by atoms with Crippen LogP contribution in [0.1, 0.15) is 113 Å². The van der Waals surface area contributed by atoms with Gasteiger partial charge in [0.05, 0.1) is 18.3 Å². The summed E-state index contributed by atoms with van der Waals surface area (Å²) in [5.41, 5.74) is -0.151. The second-order valence-corrected chi connectivity index (χ2v) is 22.4. The molecule has 1 aliphatic carbocycles. The van der Waals surface area contributed by atoms with Crippen LogP contribution in [-0.4, -0.2) is 73.8 Å². The standard InChI is InChI=1S/C40H62F3NO7Si/c1-24-13-11-14-32(45)38(17-12-20-44-36(47)40(41,42)43)18-19-39(48,33-23-27(4)35(46)50-33)28(5)30(38)22-25(2)31(51-52(9,10)37(6,7)8)16-15-29-21-26(3)34(24)49-29/h13,22-23,26,28-31,33-34,48H,11-12,14-21H2,1-10H3,(H,44,47)/b24-13+,25-22+/t26-,28+,29-,30+,31+,33?,34+,38+,39-/m1/s1. The number of cyclic esters (lactones) is 1. The second kappa shape index (κ2) is 15.8. The first kappa shape index (κ1) is 42.5. The first-order valence-corrected chi connectivity index (χ1v) is 22.0. The number of ketones is 1. The first-order valence-electron chi connectivity index (χ1n) is 19.1. The molecule has 1 unspecified atom stereocenters. The summed E-state index contributed by atoms with van der Waals surface area (Å²) in [6.07, 6.45) is 3.41. The van der Waals surface area contributed by atoms with Crippen molar-refractivity contribution in [1.82, 2.24) is 5.32 Å². The zero-order chi connectivity index (χ0) is 39.0. The number of nitrogens with one attached hydrogen (secondary N) is 1. The van der Waals surface area contributed by atoms with E-state index < -0.39 is 55.3 Å². The van der Waals surface area contributed by atoms with Crippen molar-refractivity contribution in [3.05, 3.63) is 34.9 Å². The van der Waals surface area contributed by atoms with Crippen LogP contribution in [0.15, 0.2) is 34.9 Å². The van der Waals surface area contributed by atoms with Gasteiger partial charge in [0.2, 0.25) is 0 Å². The van der Waals surface area contributed by atoms with Crippen LogP contribution in [0.25, 0.3) is 0 Å². The number of hydrogen-bond acceptors (Lipinski definition) is 7. The molecule has 3 aliphatic heterocycles. The van der Waals surface area contributed by atoms with Gasteiger partial charge in [-0.15, -0.1) is 0 Å². The number of allylic oxidation sites excluding steroid dienone is 2. The molecule has 294 valence electrons. The third-order valence-electron chi connectivity index (χ3n) is 13.0. The summed E-state index contributed by atoms with van der Waals surface area (Å²) in [5, 5.41) is 14.3. The van der Waals surface area contributed by atoms with Gasteiger partial charge in [-0.05, 0) is 125 Å². The Kier molecular flexibility index (Phi) is 12.9. The van der Waals surface area contributed by atoms with Gasteiger partial charge in [-0.25, -0.2) is 4.79 Å². The average molecular weight is 754 g/mol. The first-order chi connectivity index (χ1) is 23.9. The van der Waals surface area contributed by atoms with Gasteiger partial charge in [0.1, 0.15) is 17.5 Å². The summed E-state index contributed by atoms with van der Waals surface area (Å²) in [4.78, 5) is 39.0. The van der Waals surface area contributed by atoms with Crippen LogP contribution in [-0.2, 0) is 28.3 Å². The van der Waals surface area contributed by atoms with Crippen molar-refractivity contribution < 1.29 is 46.6 Å². The van der Waals surface area contributed by atoms with Gasteiger partial charge < -0.3 is 24.3 Å². The van der Waals surface area contributed by atoms with E-state index in [0.717, 1.165) is 24.0 Å². The topological polar surface area (TPSA) is 111 Å². The smallest absolute Gasteiger partial charge is 0.452 e. The van der Waals surface area contributed by atoms with Crippen LogP contribution in [0.2, 0.25) is 18.1 Å². The quantitative estimate of drug-likeness (QED) is 0.117. The Labute approximate surface area is 309 Å². The molecule has 0 aromatic heterocycles. The maximum absolute atomic E-state index is 14.8. The zero-order valence-electron chi connectivity index (χ0n) is 32.9. The molecule has 1 saturated carbocycles. The van der Waals surface area contributed by atoms with E-state index in [-0.39, 0.29) is 67.8 Å². The molecule has 0 radical (unpaired) electrons. The highest BCUT2D eigenvalue weighted by atomic mass is 28.4. The van der Waals surface area contributed by atoms with E-state index in [0.29, 0.717) is 24.3 Å². The lowest BCUT2D eigenvalue weighted by Gasteiger charge is -2.54. The van der Waals surface area contributed by atoms with Crippen LogP contribution in [0.4, 0.5) is 13.2 Å². The summed E-state index contributed by atoms with van der Waals surface area (Å²) < 4.78 is 58.6. The van der Waals surface area contributed by atoms with E-state index in [9.17, 15) is 32.7 Å². The number of ether oxygens (including phenoxy) is 2. The molecule has 4 aliphatic rings. The molecule has 0 spiro atoms. The SMILES string of the molecule is CC1=CC([C@@]2(O)CC[C@]3(CCCNC(=O)C(F)(F)F)C(=O)CC/C=C(\C)[C@@H]4O[C@H](CC[C@H](O[Si](C)(C)C(C)(C)C)/C(C)=C/[C@H]3[C@@H]2C)C[C@H]4C)OC1=O. The van der Waals surface area contributed by atoms with Gasteiger partial charge in [-0.3, -0.25) is 9.59 Å². The summed E-state index contributed by atoms with van der Waals surface area (Å²) in [6, 6.07) is 0.